The van der Waals surface area contributed by atoms with Gasteiger partial charge in [-0.25, -0.2) is 0 Å². The van der Waals surface area contributed by atoms with Crippen molar-refractivity contribution in [2.45, 2.75) is 49.9 Å². The van der Waals surface area contributed by atoms with Crippen molar-refractivity contribution >= 4 is 21.8 Å². The lowest BCUT2D eigenvalue weighted by Crippen LogP contribution is -2.42. The Hall–Kier alpha value is -0.0500. The Balaban J connectivity index is 2.33. The summed E-state index contributed by atoms with van der Waals surface area (Å²) in [4.78, 5) is 11.6. The summed E-state index contributed by atoms with van der Waals surface area (Å²) in [6, 6.07) is 0.367. The number of hydrogen-bond donors (Lipinski definition) is 1. The summed E-state index contributed by atoms with van der Waals surface area (Å²) in [5, 5.41) is 3.03. The molecule has 0 aromatic rings. The van der Waals surface area contributed by atoms with Crippen LogP contribution in [0.1, 0.15) is 39.0 Å². The molecular weight excluding hydrogens is 218 g/mol. The zero-order valence-corrected chi connectivity index (χ0v) is 9.06. The molecule has 0 bridgehead atoms. The van der Waals surface area contributed by atoms with Gasteiger partial charge in [0.15, 0.2) is 0 Å². The van der Waals surface area contributed by atoms with Crippen LogP contribution in [-0.2, 0) is 4.79 Å². The lowest BCUT2D eigenvalue weighted by atomic mass is 9.95. The first kappa shape index (κ1) is 10.0. The van der Waals surface area contributed by atoms with E-state index in [2.05, 4.69) is 21.2 Å². The molecule has 70 valence electrons. The van der Waals surface area contributed by atoms with Crippen LogP contribution in [0.3, 0.4) is 0 Å². The number of carbonyl (C=O) groups excluding carboxylic acids is 1. The molecule has 2 atom stereocenters. The Kier molecular flexibility index (Phi) is 4.06. The maximum absolute atomic E-state index is 11.1. The molecule has 1 fully saturated rings. The molecule has 12 heavy (non-hydrogen) atoms. The highest BCUT2D eigenvalue weighted by Gasteiger charge is 2.23. The molecule has 1 aliphatic carbocycles. The van der Waals surface area contributed by atoms with Crippen molar-refractivity contribution in [3.8, 4) is 0 Å². The number of nitrogens with one attached hydrogen (secondary N) is 1. The first-order chi connectivity index (χ1) is 5.74. The third-order valence-corrected chi connectivity index (χ3v) is 3.45. The molecule has 0 saturated heterocycles. The van der Waals surface area contributed by atoms with Crippen molar-refractivity contribution in [1.29, 1.82) is 0 Å². The highest BCUT2D eigenvalue weighted by atomic mass is 79.9. The second-order valence-corrected chi connectivity index (χ2v) is 4.50. The van der Waals surface area contributed by atoms with E-state index in [9.17, 15) is 4.79 Å². The second kappa shape index (κ2) is 4.85. The van der Waals surface area contributed by atoms with E-state index in [1.165, 1.54) is 19.3 Å². The van der Waals surface area contributed by atoms with Crippen molar-refractivity contribution in [2.24, 2.45) is 0 Å². The van der Waals surface area contributed by atoms with Crippen LogP contribution in [0, 0.1) is 0 Å². The minimum Gasteiger partial charge on any atom is -0.352 e. The van der Waals surface area contributed by atoms with Gasteiger partial charge in [0.2, 0.25) is 5.91 Å². The molecule has 1 rings (SSSR count). The van der Waals surface area contributed by atoms with E-state index in [0.717, 1.165) is 6.42 Å². The third-order valence-electron chi connectivity index (χ3n) is 2.35. The van der Waals surface area contributed by atoms with Crippen LogP contribution in [0.15, 0.2) is 0 Å². The zero-order valence-electron chi connectivity index (χ0n) is 7.48. The van der Waals surface area contributed by atoms with E-state index < -0.39 is 0 Å². The predicted octanol–water partition coefficient (Wildman–Crippen LogP) is 2.22. The van der Waals surface area contributed by atoms with E-state index in [0.29, 0.717) is 17.3 Å². The smallest absolute Gasteiger partial charge is 0.219 e. The maximum atomic E-state index is 11.1. The molecule has 0 aromatic carbocycles. The topological polar surface area (TPSA) is 29.1 Å². The van der Waals surface area contributed by atoms with Crippen molar-refractivity contribution in [2.75, 3.05) is 0 Å². The van der Waals surface area contributed by atoms with Gasteiger partial charge in [0.25, 0.3) is 0 Å². The second-order valence-electron chi connectivity index (χ2n) is 3.33. The molecule has 1 aliphatic rings. The summed E-state index contributed by atoms with van der Waals surface area (Å²) in [6.45, 7) is 1.89. The number of alkyl halides is 1. The number of rotatable bonds is 2. The highest BCUT2D eigenvalue weighted by molar-refractivity contribution is 9.09. The van der Waals surface area contributed by atoms with Gasteiger partial charge in [-0.15, -0.1) is 0 Å². The van der Waals surface area contributed by atoms with E-state index in [4.69, 9.17) is 0 Å². The first-order valence-corrected chi connectivity index (χ1v) is 5.59. The van der Waals surface area contributed by atoms with Crippen LogP contribution in [-0.4, -0.2) is 16.8 Å². The molecule has 2 unspecified atom stereocenters. The monoisotopic (exact) mass is 233 g/mol. The molecule has 1 N–H and O–H groups in total. The Bertz CT molecular complexity index is 161. The fourth-order valence-electron chi connectivity index (χ4n) is 1.56. The fraction of sp³-hybridized carbons (Fsp3) is 0.889. The summed E-state index contributed by atoms with van der Waals surface area (Å²) in [5.74, 6) is 0.173. The quantitative estimate of drug-likeness (QED) is 0.729. The van der Waals surface area contributed by atoms with Gasteiger partial charge in [0.05, 0.1) is 0 Å². The Morgan fingerprint density at radius 1 is 1.50 bits per heavy atom. The standard InChI is InChI=1S/C9H16BrNO/c1-2-9(12)11-8-6-4-3-5-7(8)10/h7-8H,2-6H2,1H3,(H,11,12). The minimum atomic E-state index is 0.173. The largest absolute Gasteiger partial charge is 0.352 e. The van der Waals surface area contributed by atoms with Crippen LogP contribution >= 0.6 is 15.9 Å². The normalized spacial score (nSPS) is 29.8. The van der Waals surface area contributed by atoms with Crippen molar-refractivity contribution in [3.63, 3.8) is 0 Å². The van der Waals surface area contributed by atoms with Crippen LogP contribution in [0.5, 0.6) is 0 Å². The van der Waals surface area contributed by atoms with Gasteiger partial charge in [-0.2, -0.15) is 0 Å². The molecule has 0 aromatic heterocycles. The zero-order chi connectivity index (χ0) is 8.97. The maximum Gasteiger partial charge on any atom is 0.219 e. The van der Waals surface area contributed by atoms with Crippen LogP contribution in [0.25, 0.3) is 0 Å². The Morgan fingerprint density at radius 2 is 2.17 bits per heavy atom. The molecule has 1 saturated carbocycles. The minimum absolute atomic E-state index is 0.173. The van der Waals surface area contributed by atoms with Gasteiger partial charge in [0, 0.05) is 17.3 Å². The lowest BCUT2D eigenvalue weighted by molar-refractivity contribution is -0.121. The van der Waals surface area contributed by atoms with Gasteiger partial charge in [-0.1, -0.05) is 35.7 Å². The molecule has 0 spiro atoms. The van der Waals surface area contributed by atoms with Gasteiger partial charge in [-0.3, -0.25) is 4.79 Å². The average Bonchev–Trinajstić information content (AvgIpc) is 2.09. The SMILES string of the molecule is CCC(=O)NC1CCCCC1Br. The number of hydrogen-bond acceptors (Lipinski definition) is 1. The van der Waals surface area contributed by atoms with Gasteiger partial charge in [-0.05, 0) is 12.8 Å². The molecule has 1 amide bonds. The summed E-state index contributed by atoms with van der Waals surface area (Å²) < 4.78 is 0. The summed E-state index contributed by atoms with van der Waals surface area (Å²) in [5.41, 5.74) is 0. The van der Waals surface area contributed by atoms with Crippen LogP contribution < -0.4 is 5.32 Å². The van der Waals surface area contributed by atoms with Crippen molar-refractivity contribution in [3.05, 3.63) is 0 Å². The average molecular weight is 234 g/mol. The predicted molar refractivity (Wildman–Crippen MR) is 53.4 cm³/mol. The first-order valence-electron chi connectivity index (χ1n) is 4.67. The van der Waals surface area contributed by atoms with E-state index >= 15 is 0 Å². The third kappa shape index (κ3) is 2.77. The van der Waals surface area contributed by atoms with Gasteiger partial charge >= 0.3 is 0 Å². The molecular formula is C9H16BrNO. The summed E-state index contributed by atoms with van der Waals surface area (Å²) >= 11 is 3.60. The molecule has 0 radical (unpaired) electrons. The number of amides is 1. The Morgan fingerprint density at radius 3 is 2.75 bits per heavy atom. The summed E-state index contributed by atoms with van der Waals surface area (Å²) in [6.07, 6.45) is 5.44. The van der Waals surface area contributed by atoms with E-state index in [1.54, 1.807) is 0 Å². The number of halogens is 1. The highest BCUT2D eigenvalue weighted by Crippen LogP contribution is 2.24. The molecule has 0 aliphatic heterocycles. The molecule has 0 heterocycles. The number of carbonyl (C=O) groups is 1. The van der Waals surface area contributed by atoms with E-state index in [-0.39, 0.29) is 5.91 Å². The molecule has 3 heteroatoms. The van der Waals surface area contributed by atoms with Crippen molar-refractivity contribution < 1.29 is 4.79 Å². The lowest BCUT2D eigenvalue weighted by Gasteiger charge is -2.27. The Labute approximate surface area is 82.2 Å². The van der Waals surface area contributed by atoms with Crippen LogP contribution in [0.4, 0.5) is 0 Å². The van der Waals surface area contributed by atoms with Gasteiger partial charge in [0.1, 0.15) is 0 Å². The molecule has 2 nitrogen and oxygen atoms in total. The fourth-order valence-corrected chi connectivity index (χ4v) is 2.28. The van der Waals surface area contributed by atoms with Crippen LogP contribution in [0.2, 0.25) is 0 Å². The van der Waals surface area contributed by atoms with E-state index in [1.807, 2.05) is 6.92 Å². The summed E-state index contributed by atoms with van der Waals surface area (Å²) in [7, 11) is 0. The van der Waals surface area contributed by atoms with Gasteiger partial charge < -0.3 is 5.32 Å². The van der Waals surface area contributed by atoms with Crippen molar-refractivity contribution in [1.82, 2.24) is 5.32 Å².